The molecule has 3 aromatic rings. The first-order chi connectivity index (χ1) is 16.1. The highest BCUT2D eigenvalue weighted by atomic mass is 35.5. The van der Waals surface area contributed by atoms with Crippen molar-refractivity contribution < 1.29 is 17.4 Å². The number of halogens is 2. The number of carbonyl (C=O) groups is 1. The third-order valence-electron chi connectivity index (χ3n) is 5.10. The minimum Gasteiger partial charge on any atom is -0.379 e. The van der Waals surface area contributed by atoms with Gasteiger partial charge in [-0.25, -0.2) is 0 Å². The minimum absolute atomic E-state index is 0.0661. The van der Waals surface area contributed by atoms with Crippen molar-refractivity contribution in [2.24, 2.45) is 0 Å². The van der Waals surface area contributed by atoms with Crippen LogP contribution in [0, 0.1) is 6.92 Å². The maximum Gasteiger partial charge on any atom is 0.340 e. The van der Waals surface area contributed by atoms with E-state index in [0.717, 1.165) is 0 Å². The van der Waals surface area contributed by atoms with E-state index >= 15 is 0 Å². The summed E-state index contributed by atoms with van der Waals surface area (Å²) in [6.07, 6.45) is 0. The lowest BCUT2D eigenvalue weighted by molar-refractivity contribution is 0.0732. The van der Waals surface area contributed by atoms with E-state index in [1.165, 1.54) is 6.07 Å². The number of carbonyl (C=O) groups excluding carboxylic acids is 1. The van der Waals surface area contributed by atoms with Gasteiger partial charge in [0.1, 0.15) is 10.6 Å². The number of aryl methyl sites for hydroxylation is 1. The molecule has 0 saturated heterocycles. The van der Waals surface area contributed by atoms with Crippen molar-refractivity contribution in [3.63, 3.8) is 0 Å². The molecule has 0 spiro atoms. The van der Waals surface area contributed by atoms with Crippen molar-refractivity contribution in [2.45, 2.75) is 18.4 Å². The van der Waals surface area contributed by atoms with E-state index in [4.69, 9.17) is 27.4 Å². The van der Waals surface area contributed by atoms with Gasteiger partial charge in [0, 0.05) is 19.6 Å². The number of rotatable bonds is 9. The Morgan fingerprint density at radius 2 is 1.59 bits per heavy atom. The Bertz CT molecular complexity index is 1260. The second-order valence-electron chi connectivity index (χ2n) is 8.08. The Kier molecular flexibility index (Phi) is 8.60. The van der Waals surface area contributed by atoms with E-state index in [9.17, 15) is 13.2 Å². The molecule has 0 heterocycles. The van der Waals surface area contributed by atoms with E-state index in [1.807, 2.05) is 25.1 Å². The summed E-state index contributed by atoms with van der Waals surface area (Å²) in [6, 6.07) is 18.4. The Labute approximate surface area is 210 Å². The molecule has 0 radical (unpaired) electrons. The van der Waals surface area contributed by atoms with E-state index in [1.54, 1.807) is 66.4 Å². The zero-order chi connectivity index (χ0) is 24.9. The Hall–Kier alpha value is -2.58. The SMILES string of the molecule is Cc1cccc(Cl)c1S(=O)(=O)Oc1cccc(CN(CCN(C)C)C(=O)c2ccccc2Cl)c1. The number of benzene rings is 3. The minimum atomic E-state index is -4.14. The summed E-state index contributed by atoms with van der Waals surface area (Å²) in [6.45, 7) is 3.01. The van der Waals surface area contributed by atoms with Crippen LogP contribution in [-0.4, -0.2) is 51.3 Å². The molecule has 0 aromatic heterocycles. The van der Waals surface area contributed by atoms with E-state index in [0.29, 0.717) is 34.8 Å². The Morgan fingerprint density at radius 3 is 2.26 bits per heavy atom. The molecular formula is C25H26Cl2N2O4S. The van der Waals surface area contributed by atoms with Crippen LogP contribution < -0.4 is 4.18 Å². The molecule has 0 unspecified atom stereocenters. The molecule has 0 atom stereocenters. The average Bonchev–Trinajstić information content (AvgIpc) is 2.76. The zero-order valence-corrected chi connectivity index (χ0v) is 21.5. The predicted octanol–water partition coefficient (Wildman–Crippen LogP) is 5.27. The summed E-state index contributed by atoms with van der Waals surface area (Å²) >= 11 is 12.4. The second kappa shape index (κ2) is 11.2. The molecule has 180 valence electrons. The van der Waals surface area contributed by atoms with Crippen LogP contribution in [0.1, 0.15) is 21.5 Å². The predicted molar refractivity (Wildman–Crippen MR) is 135 cm³/mol. The highest BCUT2D eigenvalue weighted by molar-refractivity contribution is 7.87. The lowest BCUT2D eigenvalue weighted by Crippen LogP contribution is -2.36. The summed E-state index contributed by atoms with van der Waals surface area (Å²) in [5, 5.41) is 0.469. The standard InChI is InChI=1S/C25H26Cl2N2O4S/c1-18-8-6-13-23(27)24(18)34(31,32)33-20-10-7-9-19(16-20)17-29(15-14-28(2)3)25(30)21-11-4-5-12-22(21)26/h4-13,16H,14-15,17H2,1-3H3. The highest BCUT2D eigenvalue weighted by Crippen LogP contribution is 2.28. The molecule has 0 N–H and O–H groups in total. The van der Waals surface area contributed by atoms with Crippen LogP contribution in [0.15, 0.2) is 71.6 Å². The van der Waals surface area contributed by atoms with Crippen molar-refractivity contribution >= 4 is 39.2 Å². The topological polar surface area (TPSA) is 66.9 Å². The number of hydrogen-bond acceptors (Lipinski definition) is 5. The molecule has 0 aliphatic rings. The first-order valence-corrected chi connectivity index (χ1v) is 12.7. The third kappa shape index (κ3) is 6.51. The van der Waals surface area contributed by atoms with Crippen molar-refractivity contribution in [1.82, 2.24) is 9.80 Å². The maximum atomic E-state index is 13.2. The largest absolute Gasteiger partial charge is 0.379 e. The van der Waals surface area contributed by atoms with Crippen LogP contribution in [0.2, 0.25) is 10.0 Å². The fourth-order valence-electron chi connectivity index (χ4n) is 3.40. The number of likely N-dealkylation sites (N-methyl/N-ethyl adjacent to an activating group) is 1. The van der Waals surface area contributed by atoms with Gasteiger partial charge < -0.3 is 14.0 Å². The molecule has 0 bridgehead atoms. The van der Waals surface area contributed by atoms with Gasteiger partial charge in [-0.3, -0.25) is 4.79 Å². The molecule has 0 aliphatic carbocycles. The summed E-state index contributed by atoms with van der Waals surface area (Å²) in [5.41, 5.74) is 1.61. The van der Waals surface area contributed by atoms with Gasteiger partial charge in [0.2, 0.25) is 0 Å². The summed E-state index contributed by atoms with van der Waals surface area (Å²) < 4.78 is 31.2. The van der Waals surface area contributed by atoms with Gasteiger partial charge in [-0.1, -0.05) is 59.6 Å². The van der Waals surface area contributed by atoms with Crippen molar-refractivity contribution in [1.29, 1.82) is 0 Å². The molecule has 3 aromatic carbocycles. The molecule has 0 fully saturated rings. The molecule has 3 rings (SSSR count). The van der Waals surface area contributed by atoms with Gasteiger partial charge in [-0.05, 0) is 62.5 Å². The molecule has 34 heavy (non-hydrogen) atoms. The molecule has 0 aliphatic heterocycles. The molecule has 9 heteroatoms. The van der Waals surface area contributed by atoms with Crippen LogP contribution in [0.4, 0.5) is 0 Å². The van der Waals surface area contributed by atoms with Crippen LogP contribution >= 0.6 is 23.2 Å². The lowest BCUT2D eigenvalue weighted by Gasteiger charge is -2.25. The molecule has 6 nitrogen and oxygen atoms in total. The van der Waals surface area contributed by atoms with Crippen molar-refractivity contribution in [3.8, 4) is 5.75 Å². The number of nitrogens with zero attached hydrogens (tertiary/aromatic N) is 2. The van der Waals surface area contributed by atoms with Crippen molar-refractivity contribution in [2.75, 3.05) is 27.2 Å². The first kappa shape index (κ1) is 26.0. The van der Waals surface area contributed by atoms with Gasteiger partial charge in [0.15, 0.2) is 0 Å². The van der Waals surface area contributed by atoms with Gasteiger partial charge in [0.25, 0.3) is 5.91 Å². The smallest absolute Gasteiger partial charge is 0.340 e. The molecule has 0 saturated carbocycles. The average molecular weight is 521 g/mol. The summed E-state index contributed by atoms with van der Waals surface area (Å²) in [5.74, 6) is -0.0762. The van der Waals surface area contributed by atoms with Crippen LogP contribution in [0.5, 0.6) is 5.75 Å². The van der Waals surface area contributed by atoms with E-state index < -0.39 is 10.1 Å². The van der Waals surface area contributed by atoms with Crippen molar-refractivity contribution in [3.05, 3.63) is 93.5 Å². The van der Waals surface area contributed by atoms with Crippen LogP contribution in [-0.2, 0) is 16.7 Å². The fourth-order valence-corrected chi connectivity index (χ4v) is 5.33. The van der Waals surface area contributed by atoms with Crippen LogP contribution in [0.25, 0.3) is 0 Å². The number of hydrogen-bond donors (Lipinski definition) is 0. The number of amides is 1. The van der Waals surface area contributed by atoms with Gasteiger partial charge in [-0.15, -0.1) is 0 Å². The third-order valence-corrected chi connectivity index (χ3v) is 7.31. The van der Waals surface area contributed by atoms with Gasteiger partial charge >= 0.3 is 10.1 Å². The second-order valence-corrected chi connectivity index (χ2v) is 10.4. The van der Waals surface area contributed by atoms with E-state index in [-0.39, 0.29) is 28.1 Å². The highest BCUT2D eigenvalue weighted by Gasteiger charge is 2.23. The first-order valence-electron chi connectivity index (χ1n) is 10.6. The van der Waals surface area contributed by atoms with E-state index in [2.05, 4.69) is 0 Å². The Morgan fingerprint density at radius 1 is 0.912 bits per heavy atom. The normalized spacial score (nSPS) is 11.5. The van der Waals surface area contributed by atoms with Gasteiger partial charge in [-0.2, -0.15) is 8.42 Å². The maximum absolute atomic E-state index is 13.2. The molecular weight excluding hydrogens is 495 g/mol. The lowest BCUT2D eigenvalue weighted by atomic mass is 10.1. The summed E-state index contributed by atoms with van der Waals surface area (Å²) in [7, 11) is -0.293. The zero-order valence-electron chi connectivity index (χ0n) is 19.2. The fraction of sp³-hybridized carbons (Fsp3) is 0.240. The summed E-state index contributed by atoms with van der Waals surface area (Å²) in [4.78, 5) is 16.8. The quantitative estimate of drug-likeness (QED) is 0.359. The monoisotopic (exact) mass is 520 g/mol. The Balaban J connectivity index is 1.86. The van der Waals surface area contributed by atoms with Crippen LogP contribution in [0.3, 0.4) is 0 Å². The molecule has 1 amide bonds. The van der Waals surface area contributed by atoms with Gasteiger partial charge in [0.05, 0.1) is 15.6 Å².